The van der Waals surface area contributed by atoms with Crippen LogP contribution in [0.2, 0.25) is 0 Å². The fraction of sp³-hybridized carbons (Fsp3) is 0.364. The van der Waals surface area contributed by atoms with E-state index in [0.29, 0.717) is 92.5 Å². The summed E-state index contributed by atoms with van der Waals surface area (Å²) in [4.78, 5) is 120. The Morgan fingerprint density at radius 1 is 0.776 bits per heavy atom. The fourth-order valence-corrected chi connectivity index (χ4v) is 14.7. The third-order valence-electron chi connectivity index (χ3n) is 13.4. The Morgan fingerprint density at radius 2 is 1.55 bits per heavy atom. The summed E-state index contributed by atoms with van der Waals surface area (Å²) in [6, 6.07) is 9.60. The van der Waals surface area contributed by atoms with Crippen molar-refractivity contribution in [1.82, 2.24) is 66.4 Å². The maximum absolute atomic E-state index is 14.3. The zero-order valence-electron chi connectivity index (χ0n) is 46.5. The largest absolute Gasteiger partial charge is 0.449 e. The number of benzene rings is 1. The van der Waals surface area contributed by atoms with Gasteiger partial charge in [-0.05, 0) is 37.0 Å². The van der Waals surface area contributed by atoms with Crippen molar-refractivity contribution < 1.29 is 48.1 Å². The number of hydrogen-bond donors (Lipinski definition) is 7. The van der Waals surface area contributed by atoms with Gasteiger partial charge in [-0.3, -0.25) is 34.2 Å². The molecule has 9 heterocycles. The van der Waals surface area contributed by atoms with Crippen molar-refractivity contribution in [2.24, 2.45) is 5.92 Å². The molecule has 444 valence electrons. The summed E-state index contributed by atoms with van der Waals surface area (Å²) in [6.07, 6.45) is 0.188. The molecule has 10 rings (SSSR count). The van der Waals surface area contributed by atoms with Gasteiger partial charge in [-0.1, -0.05) is 44.2 Å². The molecular weight excluding hydrogens is 1210 g/mol. The Morgan fingerprint density at radius 3 is 2.33 bits per heavy atom. The topological polar surface area (TPSA) is 316 Å². The summed E-state index contributed by atoms with van der Waals surface area (Å²) in [6.45, 7) is 9.05. The number of aliphatic hydroxyl groups excluding tert-OH is 1. The monoisotopic (exact) mass is 1270 g/mol. The van der Waals surface area contributed by atoms with Gasteiger partial charge in [0.15, 0.2) is 0 Å². The predicted molar refractivity (Wildman–Crippen MR) is 324 cm³/mol. The lowest BCUT2D eigenvalue weighted by atomic mass is 10.0. The number of methoxy groups -OCH3 is 1. The predicted octanol–water partition coefficient (Wildman–Crippen LogP) is 7.58. The highest BCUT2D eigenvalue weighted by Gasteiger charge is 2.33. The highest BCUT2D eigenvalue weighted by Crippen LogP contribution is 2.41. The zero-order valence-corrected chi connectivity index (χ0v) is 51.4. The minimum atomic E-state index is -1.27. The van der Waals surface area contributed by atoms with E-state index < -0.39 is 66.4 Å². The van der Waals surface area contributed by atoms with Gasteiger partial charge >= 0.3 is 6.09 Å². The lowest BCUT2D eigenvalue weighted by molar-refractivity contribution is -0.122. The molecule has 1 saturated heterocycles. The molecule has 1 aromatic carbocycles. The Bertz CT molecular complexity index is 3700. The molecule has 0 aliphatic carbocycles. The molecule has 2 aliphatic rings. The van der Waals surface area contributed by atoms with E-state index in [0.717, 1.165) is 31.0 Å². The molecule has 10 bridgehead atoms. The van der Waals surface area contributed by atoms with Crippen LogP contribution in [0.15, 0.2) is 64.8 Å². The molecule has 2 aliphatic heterocycles. The molecule has 1 fully saturated rings. The van der Waals surface area contributed by atoms with E-state index in [2.05, 4.69) is 41.8 Å². The first-order valence-corrected chi connectivity index (χ1v) is 31.9. The van der Waals surface area contributed by atoms with Crippen LogP contribution < -0.4 is 31.9 Å². The number of amides is 6. The molecule has 7 aromatic heterocycles. The molecule has 24 nitrogen and oxygen atoms in total. The molecule has 0 unspecified atom stereocenters. The van der Waals surface area contributed by atoms with E-state index in [4.69, 9.17) is 44.1 Å². The highest BCUT2D eigenvalue weighted by molar-refractivity contribution is 7.19. The number of carbonyl (C=O) groups is 6. The van der Waals surface area contributed by atoms with Gasteiger partial charge in [0.25, 0.3) is 17.7 Å². The van der Waals surface area contributed by atoms with Gasteiger partial charge in [-0.15, -0.1) is 68.0 Å². The molecule has 8 aromatic rings. The maximum atomic E-state index is 14.3. The van der Waals surface area contributed by atoms with Crippen molar-refractivity contribution in [3.63, 3.8) is 0 Å². The summed E-state index contributed by atoms with van der Waals surface area (Å²) >= 11 is 7.24. The first kappa shape index (κ1) is 60.7. The number of fused-ring (bicyclic) bond motifs is 14. The summed E-state index contributed by atoms with van der Waals surface area (Å²) in [5.74, 6) is -2.81. The average Bonchev–Trinajstić information content (AvgIpc) is 4.30. The van der Waals surface area contributed by atoms with E-state index in [-0.39, 0.29) is 48.5 Å². The van der Waals surface area contributed by atoms with Crippen molar-refractivity contribution in [3.05, 3.63) is 112 Å². The highest BCUT2D eigenvalue weighted by atomic mass is 32.1. The number of morpholine rings is 1. The van der Waals surface area contributed by atoms with Gasteiger partial charge in [-0.25, -0.2) is 39.7 Å². The molecule has 4 atom stereocenters. The molecule has 6 amide bonds. The molecular formula is C55H58N14O10S6. The first-order valence-electron chi connectivity index (χ1n) is 26.8. The zero-order chi connectivity index (χ0) is 59.7. The van der Waals surface area contributed by atoms with Crippen molar-refractivity contribution in [1.29, 1.82) is 0 Å². The van der Waals surface area contributed by atoms with Crippen molar-refractivity contribution in [2.75, 3.05) is 65.5 Å². The van der Waals surface area contributed by atoms with Crippen LogP contribution in [-0.2, 0) is 30.4 Å². The van der Waals surface area contributed by atoms with Gasteiger partial charge in [-0.2, -0.15) is 0 Å². The van der Waals surface area contributed by atoms with Crippen LogP contribution in [0.5, 0.6) is 0 Å². The number of anilines is 1. The lowest BCUT2D eigenvalue weighted by Crippen LogP contribution is -2.40. The Labute approximate surface area is 511 Å². The van der Waals surface area contributed by atoms with Crippen LogP contribution in [0.3, 0.4) is 0 Å². The number of aromatic nitrogens is 7. The first-order chi connectivity index (χ1) is 41.1. The lowest BCUT2D eigenvalue weighted by Gasteiger charge is -2.26. The maximum Gasteiger partial charge on any atom is 0.412 e. The minimum Gasteiger partial charge on any atom is -0.449 e. The van der Waals surface area contributed by atoms with Crippen LogP contribution in [-0.4, -0.2) is 141 Å². The quantitative estimate of drug-likeness (QED) is 0.0547. The van der Waals surface area contributed by atoms with E-state index in [1.165, 1.54) is 70.8 Å². The number of rotatable bonds is 13. The standard InChI is InChI=1S/C55H58N14O10S6/c1-27(2)40-54-68-43(36(85-54)23-77-5)47(74)57-22-39(71)65-44(45(72)29-10-7-6-8-11-29)53-62-34(25-81-53)50-58-21-35(84-50)42-30(12-13-31(59-42)51-63-37(26-82-51)64-55(76)79-17-9-14-69-15-18-78-19-16-69)49-61-33(24-80-49)46(73)60-32(20-38(70)56-4)52-67-41(28(3)83-52)48(75)66-40/h6-8,10-13,21,24-27,32,40,44-45,72H,9,14-20,22-23H2,1-5H3,(H,56,70)(H,57,74)(H,60,73)(H,64,76)(H,65,71)(H,66,75)/t32-,40-,44-,45-/m0/s1. The summed E-state index contributed by atoms with van der Waals surface area (Å²) in [7, 11) is 2.95. The third-order valence-corrected chi connectivity index (χ3v) is 19.3. The Hall–Kier alpha value is -7.39. The van der Waals surface area contributed by atoms with Crippen LogP contribution in [0.4, 0.5) is 10.6 Å². The van der Waals surface area contributed by atoms with Gasteiger partial charge in [0.1, 0.15) is 70.8 Å². The Balaban J connectivity index is 1.00. The van der Waals surface area contributed by atoms with E-state index >= 15 is 0 Å². The molecule has 30 heteroatoms. The number of pyridine rings is 1. The number of thiazole rings is 6. The summed E-state index contributed by atoms with van der Waals surface area (Å²) < 4.78 is 16.3. The Kier molecular flexibility index (Phi) is 19.8. The van der Waals surface area contributed by atoms with Crippen molar-refractivity contribution in [2.45, 2.75) is 64.4 Å². The normalized spacial score (nSPS) is 17.5. The van der Waals surface area contributed by atoms with Crippen LogP contribution in [0.1, 0.15) is 113 Å². The molecule has 85 heavy (non-hydrogen) atoms. The van der Waals surface area contributed by atoms with Gasteiger partial charge in [0.2, 0.25) is 11.8 Å². The SMILES string of the molecule is CNC(=O)C[C@@H]1NC(=O)c2csc(n2)-c2ccc(-c3nc(NC(=O)OCCCN4CCOCC4)cs3)nc2-c2cnc(s2)-c2csc(n2)[C@H]([C@@H](O)c2ccccc2)NC(=O)CNC(=O)c2nc(sc2COC)[C@H](C(C)C)NC(=O)c2nc1sc2C. The number of nitrogens with zero attached hydrogens (tertiary/aromatic N) is 8. The minimum absolute atomic E-state index is 0.00269. The summed E-state index contributed by atoms with van der Waals surface area (Å²) in [5, 5.41) is 36.3. The summed E-state index contributed by atoms with van der Waals surface area (Å²) in [5.41, 5.74) is 2.49. The smallest absolute Gasteiger partial charge is 0.412 e. The average molecular weight is 1270 g/mol. The van der Waals surface area contributed by atoms with E-state index in [9.17, 15) is 33.9 Å². The van der Waals surface area contributed by atoms with Crippen molar-refractivity contribution in [3.8, 4) is 42.5 Å². The fourth-order valence-electron chi connectivity index (χ4n) is 9.05. The van der Waals surface area contributed by atoms with E-state index in [1.807, 2.05) is 19.9 Å². The second-order valence-electron chi connectivity index (χ2n) is 19.7. The number of aliphatic hydroxyl groups is 1. The number of nitrogens with one attached hydrogen (secondary N) is 6. The molecule has 0 spiro atoms. The van der Waals surface area contributed by atoms with Gasteiger partial charge in [0.05, 0.1) is 72.6 Å². The molecule has 0 saturated carbocycles. The van der Waals surface area contributed by atoms with E-state index in [1.54, 1.807) is 65.7 Å². The third kappa shape index (κ3) is 14.7. The van der Waals surface area contributed by atoms with Crippen LogP contribution in [0, 0.1) is 12.8 Å². The van der Waals surface area contributed by atoms with Gasteiger partial charge < -0.3 is 45.9 Å². The van der Waals surface area contributed by atoms with Crippen molar-refractivity contribution >= 4 is 109 Å². The number of ether oxygens (including phenoxy) is 3. The molecule has 0 radical (unpaired) electrons. The van der Waals surface area contributed by atoms with Crippen LogP contribution in [0.25, 0.3) is 42.5 Å². The molecule has 7 N–H and O–H groups in total. The number of hydrogen-bond acceptors (Lipinski definition) is 24. The number of aryl methyl sites for hydroxylation is 1. The number of carbonyl (C=O) groups excluding carboxylic acids is 6. The second-order valence-corrected chi connectivity index (χ2v) is 25.7. The second kappa shape index (κ2) is 27.8. The van der Waals surface area contributed by atoms with Crippen LogP contribution >= 0.6 is 68.0 Å². The van der Waals surface area contributed by atoms with Gasteiger partial charge in [0, 0.05) is 66.6 Å².